The maximum absolute atomic E-state index is 6.25. The fourth-order valence-electron chi connectivity index (χ4n) is 3.70. The summed E-state index contributed by atoms with van der Waals surface area (Å²) in [6.45, 7) is 2.15. The number of pyridine rings is 1. The highest BCUT2D eigenvalue weighted by atomic mass is 35.5. The maximum atomic E-state index is 6.25. The zero-order chi connectivity index (χ0) is 21.5. The lowest BCUT2D eigenvalue weighted by Crippen LogP contribution is -2.45. The summed E-state index contributed by atoms with van der Waals surface area (Å²) in [4.78, 5) is 4.34. The Morgan fingerprint density at radius 3 is 2.58 bits per heavy atom. The number of benzene rings is 2. The average Bonchev–Trinajstić information content (AvgIpc) is 2.80. The molecule has 3 aromatic rings. The molecule has 0 bridgehead atoms. The summed E-state index contributed by atoms with van der Waals surface area (Å²) in [6, 6.07) is 21.3. The average molecular weight is 454 g/mol. The number of hydrogen-bond donors (Lipinski definition) is 2. The summed E-state index contributed by atoms with van der Waals surface area (Å²) in [5.74, 6) is 1.27. The van der Waals surface area contributed by atoms with Gasteiger partial charge in [-0.05, 0) is 61.0 Å². The number of anilines is 1. The Hall–Kier alpha value is -2.67. The highest BCUT2D eigenvalue weighted by Crippen LogP contribution is 2.35. The highest BCUT2D eigenvalue weighted by Gasteiger charge is 2.34. The third-order valence-electron chi connectivity index (χ3n) is 5.43. The Labute approximate surface area is 192 Å². The van der Waals surface area contributed by atoms with Crippen molar-refractivity contribution in [2.75, 3.05) is 25.1 Å². The van der Waals surface area contributed by atoms with Gasteiger partial charge in [0.05, 0.1) is 11.9 Å². The lowest BCUT2D eigenvalue weighted by Gasteiger charge is -2.38. The van der Waals surface area contributed by atoms with E-state index in [-0.39, 0.29) is 5.41 Å². The zero-order valence-electron chi connectivity index (χ0n) is 17.0. The van der Waals surface area contributed by atoms with Gasteiger partial charge in [-0.3, -0.25) is 0 Å². The molecule has 0 radical (unpaired) electrons. The molecule has 2 heterocycles. The number of nitrogens with one attached hydrogen (secondary N) is 2. The molecule has 0 unspecified atom stereocenters. The van der Waals surface area contributed by atoms with Crippen molar-refractivity contribution in [1.82, 2.24) is 10.3 Å². The molecular formula is C24H24ClN3O2S. The van der Waals surface area contributed by atoms with Crippen LogP contribution in [0.15, 0.2) is 72.9 Å². The number of thiocarbonyl (C=S) groups is 1. The summed E-state index contributed by atoms with van der Waals surface area (Å²) < 4.78 is 11.3. The Balaban J connectivity index is 1.36. The Kier molecular flexibility index (Phi) is 7.02. The first-order valence-corrected chi connectivity index (χ1v) is 11.0. The smallest absolute Gasteiger partial charge is 0.219 e. The van der Waals surface area contributed by atoms with E-state index in [0.29, 0.717) is 17.5 Å². The van der Waals surface area contributed by atoms with Crippen LogP contribution in [0, 0.1) is 0 Å². The lowest BCUT2D eigenvalue weighted by atomic mass is 9.74. The second-order valence-electron chi connectivity index (χ2n) is 7.51. The lowest BCUT2D eigenvalue weighted by molar-refractivity contribution is 0.0515. The van der Waals surface area contributed by atoms with Gasteiger partial charge in [0.2, 0.25) is 5.88 Å². The molecule has 4 rings (SSSR count). The fraction of sp³-hybridized carbons (Fsp3) is 0.250. The molecule has 0 amide bonds. The van der Waals surface area contributed by atoms with E-state index in [2.05, 4.69) is 21.7 Å². The van der Waals surface area contributed by atoms with E-state index in [4.69, 9.17) is 33.3 Å². The van der Waals surface area contributed by atoms with E-state index in [1.54, 1.807) is 6.20 Å². The van der Waals surface area contributed by atoms with Crippen molar-refractivity contribution in [2.45, 2.75) is 18.3 Å². The molecule has 1 aliphatic heterocycles. The van der Waals surface area contributed by atoms with E-state index < -0.39 is 0 Å². The van der Waals surface area contributed by atoms with Crippen molar-refractivity contribution in [3.63, 3.8) is 0 Å². The molecule has 2 aromatic carbocycles. The van der Waals surface area contributed by atoms with E-state index in [9.17, 15) is 0 Å². The molecular weight excluding hydrogens is 430 g/mol. The summed E-state index contributed by atoms with van der Waals surface area (Å²) in [6.07, 6.45) is 3.53. The first-order chi connectivity index (χ1) is 15.1. The van der Waals surface area contributed by atoms with Crippen molar-refractivity contribution in [3.8, 4) is 11.6 Å². The number of para-hydroxylation sites is 1. The fourth-order valence-corrected chi connectivity index (χ4v) is 4.08. The molecule has 2 N–H and O–H groups in total. The van der Waals surface area contributed by atoms with Gasteiger partial charge in [0.15, 0.2) is 5.11 Å². The predicted octanol–water partition coefficient (Wildman–Crippen LogP) is 5.56. The molecule has 1 aliphatic rings. The number of rotatable bonds is 6. The first kappa shape index (κ1) is 21.6. The molecule has 1 fully saturated rings. The van der Waals surface area contributed by atoms with Crippen molar-refractivity contribution in [1.29, 1.82) is 0 Å². The van der Waals surface area contributed by atoms with Crippen LogP contribution in [-0.2, 0) is 10.2 Å². The minimum Gasteiger partial charge on any atom is -0.439 e. The highest BCUT2D eigenvalue weighted by molar-refractivity contribution is 7.80. The van der Waals surface area contributed by atoms with E-state index in [1.165, 1.54) is 5.56 Å². The van der Waals surface area contributed by atoms with E-state index in [0.717, 1.165) is 42.5 Å². The quantitative estimate of drug-likeness (QED) is 0.476. The zero-order valence-corrected chi connectivity index (χ0v) is 18.6. The second-order valence-corrected chi connectivity index (χ2v) is 8.36. The molecule has 0 saturated carbocycles. The van der Waals surface area contributed by atoms with Crippen LogP contribution in [0.25, 0.3) is 0 Å². The Morgan fingerprint density at radius 2 is 1.87 bits per heavy atom. The monoisotopic (exact) mass is 453 g/mol. The van der Waals surface area contributed by atoms with Crippen LogP contribution in [-0.4, -0.2) is 29.9 Å². The molecule has 0 atom stereocenters. The van der Waals surface area contributed by atoms with Crippen LogP contribution in [0.4, 0.5) is 5.69 Å². The van der Waals surface area contributed by atoms with Gasteiger partial charge >= 0.3 is 0 Å². The van der Waals surface area contributed by atoms with Gasteiger partial charge in [0, 0.05) is 36.3 Å². The maximum Gasteiger partial charge on any atom is 0.219 e. The predicted molar refractivity (Wildman–Crippen MR) is 128 cm³/mol. The van der Waals surface area contributed by atoms with E-state index in [1.807, 2.05) is 60.7 Å². The van der Waals surface area contributed by atoms with Crippen molar-refractivity contribution in [3.05, 3.63) is 83.5 Å². The van der Waals surface area contributed by atoms with Crippen LogP contribution >= 0.6 is 23.8 Å². The molecule has 7 heteroatoms. The van der Waals surface area contributed by atoms with Gasteiger partial charge in [-0.2, -0.15) is 0 Å². The van der Waals surface area contributed by atoms with Gasteiger partial charge < -0.3 is 20.1 Å². The molecule has 0 aliphatic carbocycles. The molecule has 160 valence electrons. The van der Waals surface area contributed by atoms with Gasteiger partial charge in [-0.15, -0.1) is 0 Å². The minimum absolute atomic E-state index is 0.0689. The second kappa shape index (κ2) is 10.1. The molecule has 1 saturated heterocycles. The third kappa shape index (κ3) is 5.73. The van der Waals surface area contributed by atoms with Crippen LogP contribution in [0.1, 0.15) is 18.4 Å². The summed E-state index contributed by atoms with van der Waals surface area (Å²) in [7, 11) is 0. The van der Waals surface area contributed by atoms with Gasteiger partial charge in [0.25, 0.3) is 0 Å². The first-order valence-electron chi connectivity index (χ1n) is 10.2. The van der Waals surface area contributed by atoms with E-state index >= 15 is 0 Å². The minimum atomic E-state index is -0.0689. The Morgan fingerprint density at radius 1 is 1.06 bits per heavy atom. The Bertz CT molecular complexity index is 1010. The standard InChI is InChI=1S/C24H24ClN3O2S/c25-19-6-4-5-18(15-19)24(11-13-29-14-12-24)17-27-23(31)28-20-9-10-22(26-16-20)30-21-7-2-1-3-8-21/h1-10,15-16H,11-14,17H2,(H2,27,28,31). The van der Waals surface area contributed by atoms with Crippen LogP contribution in [0.2, 0.25) is 5.02 Å². The molecule has 1 aromatic heterocycles. The summed E-state index contributed by atoms with van der Waals surface area (Å²) >= 11 is 11.8. The van der Waals surface area contributed by atoms with Crippen LogP contribution < -0.4 is 15.4 Å². The normalized spacial score (nSPS) is 15.1. The number of ether oxygens (including phenoxy) is 2. The number of halogens is 1. The van der Waals surface area contributed by atoms with Crippen molar-refractivity contribution >= 4 is 34.6 Å². The number of nitrogens with zero attached hydrogens (tertiary/aromatic N) is 1. The third-order valence-corrected chi connectivity index (χ3v) is 5.92. The SMILES string of the molecule is S=C(NCC1(c2cccc(Cl)c2)CCOCC1)Nc1ccc(Oc2ccccc2)nc1. The number of hydrogen-bond acceptors (Lipinski definition) is 4. The van der Waals surface area contributed by atoms with Crippen LogP contribution in [0.3, 0.4) is 0 Å². The molecule has 0 spiro atoms. The largest absolute Gasteiger partial charge is 0.439 e. The number of aromatic nitrogens is 1. The van der Waals surface area contributed by atoms with Crippen molar-refractivity contribution < 1.29 is 9.47 Å². The summed E-state index contributed by atoms with van der Waals surface area (Å²) in [5.41, 5.74) is 1.94. The van der Waals surface area contributed by atoms with Crippen molar-refractivity contribution in [2.24, 2.45) is 0 Å². The molecule has 5 nitrogen and oxygen atoms in total. The molecule has 31 heavy (non-hydrogen) atoms. The van der Waals surface area contributed by atoms with Gasteiger partial charge in [0.1, 0.15) is 5.75 Å². The van der Waals surface area contributed by atoms with Crippen LogP contribution in [0.5, 0.6) is 11.6 Å². The summed E-state index contributed by atoms with van der Waals surface area (Å²) in [5, 5.41) is 7.87. The van der Waals surface area contributed by atoms with Gasteiger partial charge in [-0.25, -0.2) is 4.98 Å². The topological polar surface area (TPSA) is 55.4 Å². The van der Waals surface area contributed by atoms with Gasteiger partial charge in [-0.1, -0.05) is 41.9 Å².